The van der Waals surface area contributed by atoms with Crippen LogP contribution in [0.2, 0.25) is 0 Å². The molecule has 0 bridgehead atoms. The van der Waals surface area contributed by atoms with Crippen LogP contribution in [0.1, 0.15) is 10.4 Å². The van der Waals surface area contributed by atoms with E-state index < -0.39 is 0 Å². The highest BCUT2D eigenvalue weighted by molar-refractivity contribution is 5.90. The number of rotatable bonds is 3. The van der Waals surface area contributed by atoms with Gasteiger partial charge in [-0.2, -0.15) is 0 Å². The second-order valence-corrected chi connectivity index (χ2v) is 3.58. The monoisotopic (exact) mass is 228 g/mol. The normalized spacial score (nSPS) is 9.94. The molecule has 0 atom stereocenters. The number of phenolic OH excluding ortho intramolecular Hbond substituents is 1. The van der Waals surface area contributed by atoms with E-state index in [0.717, 1.165) is 11.3 Å². The Morgan fingerprint density at radius 3 is 2.41 bits per heavy atom. The maximum absolute atomic E-state index is 11.0. The Morgan fingerprint density at radius 2 is 1.82 bits per heavy atom. The van der Waals surface area contributed by atoms with E-state index >= 15 is 0 Å². The van der Waals surface area contributed by atoms with Gasteiger partial charge in [0.25, 0.3) is 0 Å². The first-order valence-electron chi connectivity index (χ1n) is 5.18. The number of hydrogen-bond acceptors (Lipinski definition) is 3. The predicted molar refractivity (Wildman–Crippen MR) is 65.5 cm³/mol. The van der Waals surface area contributed by atoms with Crippen LogP contribution in [0, 0.1) is 0 Å². The van der Waals surface area contributed by atoms with Crippen molar-refractivity contribution in [1.82, 2.24) is 0 Å². The number of methoxy groups -OCH3 is 1. The molecule has 3 nitrogen and oxygen atoms in total. The average Bonchev–Trinajstić information content (AvgIpc) is 2.38. The Kier molecular flexibility index (Phi) is 3.10. The van der Waals surface area contributed by atoms with E-state index in [1.54, 1.807) is 19.2 Å². The number of benzene rings is 2. The Balaban J connectivity index is 2.52. The van der Waals surface area contributed by atoms with Gasteiger partial charge in [0.05, 0.1) is 12.7 Å². The van der Waals surface area contributed by atoms with Crippen molar-refractivity contribution in [2.24, 2.45) is 0 Å². The molecule has 2 aromatic rings. The Morgan fingerprint density at radius 1 is 1.12 bits per heavy atom. The molecule has 0 heterocycles. The van der Waals surface area contributed by atoms with Crippen LogP contribution in [0.5, 0.6) is 11.5 Å². The third-order valence-electron chi connectivity index (χ3n) is 2.60. The maximum Gasteiger partial charge on any atom is 0.154 e. The highest BCUT2D eigenvalue weighted by Crippen LogP contribution is 2.29. The minimum absolute atomic E-state index is 0.00619. The van der Waals surface area contributed by atoms with Crippen LogP contribution in [0.4, 0.5) is 0 Å². The molecular weight excluding hydrogens is 216 g/mol. The number of ether oxygens (including phenoxy) is 1. The fourth-order valence-corrected chi connectivity index (χ4v) is 1.70. The summed E-state index contributed by atoms with van der Waals surface area (Å²) in [5, 5.41) is 9.60. The molecule has 0 amide bonds. The van der Waals surface area contributed by atoms with Crippen LogP contribution in [0.25, 0.3) is 11.1 Å². The van der Waals surface area contributed by atoms with Crippen LogP contribution < -0.4 is 4.74 Å². The van der Waals surface area contributed by atoms with Gasteiger partial charge in [-0.1, -0.05) is 24.3 Å². The van der Waals surface area contributed by atoms with Gasteiger partial charge in [0.15, 0.2) is 6.29 Å². The molecule has 0 aliphatic carbocycles. The third kappa shape index (κ3) is 2.13. The van der Waals surface area contributed by atoms with Crippen molar-refractivity contribution in [1.29, 1.82) is 0 Å². The fourth-order valence-electron chi connectivity index (χ4n) is 1.70. The van der Waals surface area contributed by atoms with E-state index in [0.29, 0.717) is 17.4 Å². The molecule has 86 valence electrons. The average molecular weight is 228 g/mol. The number of aldehydes is 1. The van der Waals surface area contributed by atoms with Gasteiger partial charge in [0.1, 0.15) is 11.5 Å². The van der Waals surface area contributed by atoms with Crippen molar-refractivity contribution in [3.8, 4) is 22.6 Å². The number of carbonyl (C=O) groups is 1. The zero-order chi connectivity index (χ0) is 12.3. The van der Waals surface area contributed by atoms with Crippen molar-refractivity contribution >= 4 is 6.29 Å². The number of hydrogen-bond donors (Lipinski definition) is 1. The number of phenols is 1. The van der Waals surface area contributed by atoms with Crippen LogP contribution >= 0.6 is 0 Å². The summed E-state index contributed by atoms with van der Waals surface area (Å²) in [4.78, 5) is 11.0. The second-order valence-electron chi connectivity index (χ2n) is 3.58. The lowest BCUT2D eigenvalue weighted by Gasteiger charge is -2.07. The summed E-state index contributed by atoms with van der Waals surface area (Å²) < 4.78 is 5.07. The fraction of sp³-hybridized carbons (Fsp3) is 0.0714. The zero-order valence-electron chi connectivity index (χ0n) is 9.38. The largest absolute Gasteiger partial charge is 0.507 e. The van der Waals surface area contributed by atoms with E-state index in [9.17, 15) is 9.90 Å². The summed E-state index contributed by atoms with van der Waals surface area (Å²) in [5.74, 6) is 0.745. The molecule has 2 aromatic carbocycles. The van der Waals surface area contributed by atoms with E-state index in [1.807, 2.05) is 24.3 Å². The summed E-state index contributed by atoms with van der Waals surface area (Å²) in [5.41, 5.74) is 1.88. The highest BCUT2D eigenvalue weighted by atomic mass is 16.5. The number of carbonyl (C=O) groups excluding carboxylic acids is 1. The molecule has 2 rings (SSSR count). The first-order chi connectivity index (χ1) is 8.26. The van der Waals surface area contributed by atoms with Gasteiger partial charge in [0, 0.05) is 0 Å². The van der Waals surface area contributed by atoms with Crippen molar-refractivity contribution < 1.29 is 14.6 Å². The lowest BCUT2D eigenvalue weighted by atomic mass is 9.99. The standard InChI is InChI=1S/C14H12O3/c1-17-11-7-5-10(6-8-11)12-3-2-4-14(16)13(12)9-15/h2-9,16H,1H3. The molecule has 0 aliphatic heterocycles. The molecule has 0 unspecified atom stereocenters. The van der Waals surface area contributed by atoms with Crippen molar-refractivity contribution in [3.05, 3.63) is 48.0 Å². The molecule has 0 fully saturated rings. The minimum Gasteiger partial charge on any atom is -0.507 e. The smallest absolute Gasteiger partial charge is 0.154 e. The molecule has 0 spiro atoms. The van der Waals surface area contributed by atoms with Gasteiger partial charge in [-0.3, -0.25) is 4.79 Å². The van der Waals surface area contributed by atoms with Gasteiger partial charge in [-0.15, -0.1) is 0 Å². The minimum atomic E-state index is -0.00619. The van der Waals surface area contributed by atoms with Crippen molar-refractivity contribution in [2.75, 3.05) is 7.11 Å². The van der Waals surface area contributed by atoms with Gasteiger partial charge < -0.3 is 9.84 Å². The molecule has 0 aliphatic rings. The maximum atomic E-state index is 11.0. The zero-order valence-corrected chi connectivity index (χ0v) is 9.38. The Hall–Kier alpha value is -2.29. The molecule has 0 aromatic heterocycles. The van der Waals surface area contributed by atoms with Gasteiger partial charge in [-0.05, 0) is 29.3 Å². The van der Waals surface area contributed by atoms with Gasteiger partial charge in [0.2, 0.25) is 0 Å². The first kappa shape index (κ1) is 11.2. The van der Waals surface area contributed by atoms with E-state index in [4.69, 9.17) is 4.74 Å². The van der Waals surface area contributed by atoms with Crippen LogP contribution in [0.3, 0.4) is 0 Å². The summed E-state index contributed by atoms with van der Waals surface area (Å²) in [6.07, 6.45) is 0.662. The molecule has 17 heavy (non-hydrogen) atoms. The SMILES string of the molecule is COc1ccc(-c2cccc(O)c2C=O)cc1. The van der Waals surface area contributed by atoms with Gasteiger partial charge in [-0.25, -0.2) is 0 Å². The van der Waals surface area contributed by atoms with Crippen molar-refractivity contribution in [3.63, 3.8) is 0 Å². The molecule has 3 heteroatoms. The summed E-state index contributed by atoms with van der Waals surface area (Å²) >= 11 is 0. The molecule has 0 radical (unpaired) electrons. The van der Waals surface area contributed by atoms with Crippen LogP contribution in [-0.2, 0) is 0 Å². The van der Waals surface area contributed by atoms with Crippen LogP contribution in [0.15, 0.2) is 42.5 Å². The van der Waals surface area contributed by atoms with E-state index in [-0.39, 0.29) is 5.75 Å². The quantitative estimate of drug-likeness (QED) is 0.821. The number of aromatic hydroxyl groups is 1. The van der Waals surface area contributed by atoms with Crippen molar-refractivity contribution in [2.45, 2.75) is 0 Å². The van der Waals surface area contributed by atoms with E-state index in [2.05, 4.69) is 0 Å². The lowest BCUT2D eigenvalue weighted by molar-refractivity contribution is 0.112. The highest BCUT2D eigenvalue weighted by Gasteiger charge is 2.08. The summed E-state index contributed by atoms with van der Waals surface area (Å²) in [6, 6.07) is 12.3. The van der Waals surface area contributed by atoms with Gasteiger partial charge >= 0.3 is 0 Å². The Bertz CT molecular complexity index is 530. The van der Waals surface area contributed by atoms with Crippen LogP contribution in [-0.4, -0.2) is 18.5 Å². The topological polar surface area (TPSA) is 46.5 Å². The summed E-state index contributed by atoms with van der Waals surface area (Å²) in [6.45, 7) is 0. The molecular formula is C14H12O3. The Labute approximate surface area is 99.3 Å². The first-order valence-corrected chi connectivity index (χ1v) is 5.18. The predicted octanol–water partition coefficient (Wildman–Crippen LogP) is 2.88. The summed E-state index contributed by atoms with van der Waals surface area (Å²) in [7, 11) is 1.60. The van der Waals surface area contributed by atoms with E-state index in [1.165, 1.54) is 6.07 Å². The molecule has 0 saturated carbocycles. The molecule has 1 N–H and O–H groups in total. The second kappa shape index (κ2) is 4.70. The third-order valence-corrected chi connectivity index (χ3v) is 2.60. The lowest BCUT2D eigenvalue weighted by Crippen LogP contribution is -1.89. The molecule has 0 saturated heterocycles.